The zero-order valence-electron chi connectivity index (χ0n) is 4.19. The van der Waals surface area contributed by atoms with Crippen molar-refractivity contribution in [1.82, 2.24) is 9.97 Å². The van der Waals surface area contributed by atoms with Crippen LogP contribution in [0.5, 0.6) is 0 Å². The molecule has 0 saturated carbocycles. The van der Waals surface area contributed by atoms with Gasteiger partial charge in [-0.25, -0.2) is 0 Å². The molecule has 0 spiro atoms. The Kier molecular flexibility index (Phi) is 1.48. The topological polar surface area (TPSA) is 45.8 Å². The molecule has 0 aliphatic heterocycles. The fourth-order valence-corrected chi connectivity index (χ4v) is 0.573. The molecule has 9 heavy (non-hydrogen) atoms. The van der Waals surface area contributed by atoms with Crippen molar-refractivity contribution in [1.29, 1.82) is 0 Å². The first-order valence-electron chi connectivity index (χ1n) is 2.11. The second-order valence-electron chi connectivity index (χ2n) is 1.36. The zero-order valence-corrected chi connectivity index (χ0v) is 4.94. The third-order valence-corrected chi connectivity index (χ3v) is 0.875. The molecule has 1 N–H and O–H groups in total. The Morgan fingerprint density at radius 1 is 1.78 bits per heavy atom. The fourth-order valence-electron chi connectivity index (χ4n) is 0.400. The highest BCUT2D eigenvalue weighted by atomic mass is 35.5. The lowest BCUT2D eigenvalue weighted by Crippen LogP contribution is -2.07. The van der Waals surface area contributed by atoms with E-state index in [0.29, 0.717) is 0 Å². The van der Waals surface area contributed by atoms with Crippen LogP contribution in [0.15, 0.2) is 10.9 Å². The summed E-state index contributed by atoms with van der Waals surface area (Å²) in [5.74, 6) is 0. The van der Waals surface area contributed by atoms with Gasteiger partial charge in [0.05, 0.1) is 0 Å². The lowest BCUT2D eigenvalue weighted by Gasteiger charge is -1.85. The van der Waals surface area contributed by atoms with Gasteiger partial charge in [0.15, 0.2) is 0 Å². The quantitative estimate of drug-likeness (QED) is 0.432. The first-order valence-corrected chi connectivity index (χ1v) is 2.48. The van der Waals surface area contributed by atoms with Crippen LogP contribution < -0.4 is 5.56 Å². The van der Waals surface area contributed by atoms with Crippen LogP contribution in [0.1, 0.15) is 0 Å². The third kappa shape index (κ3) is 1.50. The summed E-state index contributed by atoms with van der Waals surface area (Å²) in [6.07, 6.45) is -0.965. The Morgan fingerprint density at radius 3 is 2.89 bits per heavy atom. The second kappa shape index (κ2) is 2.14. The van der Waals surface area contributed by atoms with Crippen LogP contribution in [0.25, 0.3) is 0 Å². The van der Waals surface area contributed by atoms with Crippen LogP contribution in [-0.4, -0.2) is 9.97 Å². The Labute approximate surface area is 54.5 Å². The van der Waals surface area contributed by atoms with Crippen LogP contribution in [0.4, 0.5) is 4.39 Å². The minimum atomic E-state index is -0.965. The van der Waals surface area contributed by atoms with E-state index >= 15 is 0 Å². The van der Waals surface area contributed by atoms with Crippen molar-refractivity contribution in [3.63, 3.8) is 0 Å². The monoisotopic (exact) mass is 148 g/mol. The number of rotatable bonds is 0. The number of aromatic nitrogens is 2. The van der Waals surface area contributed by atoms with Crippen molar-refractivity contribution in [3.8, 4) is 0 Å². The smallest absolute Gasteiger partial charge is 0.282 e. The van der Waals surface area contributed by atoms with Crippen molar-refractivity contribution in [2.24, 2.45) is 0 Å². The van der Waals surface area contributed by atoms with Crippen LogP contribution in [0.3, 0.4) is 0 Å². The molecule has 1 rings (SSSR count). The van der Waals surface area contributed by atoms with Crippen molar-refractivity contribution in [2.45, 2.75) is 0 Å². The molecule has 0 fully saturated rings. The summed E-state index contributed by atoms with van der Waals surface area (Å²) in [6.45, 7) is 0. The number of hydrogen-bond acceptors (Lipinski definition) is 2. The molecule has 1 aromatic rings. The van der Waals surface area contributed by atoms with Gasteiger partial charge in [-0.15, -0.1) is 0 Å². The number of halogens is 2. The maximum atomic E-state index is 12.0. The van der Waals surface area contributed by atoms with Crippen molar-refractivity contribution >= 4 is 11.6 Å². The molecule has 48 valence electrons. The van der Waals surface area contributed by atoms with Gasteiger partial charge in [0.2, 0.25) is 0 Å². The van der Waals surface area contributed by atoms with E-state index in [-0.39, 0.29) is 5.15 Å². The van der Waals surface area contributed by atoms with Gasteiger partial charge in [-0.2, -0.15) is 9.37 Å². The van der Waals surface area contributed by atoms with Crippen LogP contribution >= 0.6 is 11.6 Å². The van der Waals surface area contributed by atoms with Gasteiger partial charge in [0, 0.05) is 6.07 Å². The van der Waals surface area contributed by atoms with Gasteiger partial charge < -0.3 is 0 Å². The molecule has 0 aromatic carbocycles. The normalized spacial score (nSPS) is 9.56. The van der Waals surface area contributed by atoms with E-state index in [1.165, 1.54) is 0 Å². The molecule has 0 saturated heterocycles. The predicted octanol–water partition coefficient (Wildman–Crippen LogP) is 0.562. The van der Waals surface area contributed by atoms with Crippen LogP contribution in [0.2, 0.25) is 5.15 Å². The summed E-state index contributed by atoms with van der Waals surface area (Å²) < 4.78 is 12.0. The minimum absolute atomic E-state index is 0.142. The van der Waals surface area contributed by atoms with E-state index in [0.717, 1.165) is 6.07 Å². The van der Waals surface area contributed by atoms with Gasteiger partial charge in [-0.05, 0) is 0 Å². The van der Waals surface area contributed by atoms with Gasteiger partial charge >= 0.3 is 0 Å². The second-order valence-corrected chi connectivity index (χ2v) is 1.75. The zero-order chi connectivity index (χ0) is 6.85. The summed E-state index contributed by atoms with van der Waals surface area (Å²) in [4.78, 5) is 15.2. The summed E-state index contributed by atoms with van der Waals surface area (Å²) in [6, 6.07) is 0.991. The summed E-state index contributed by atoms with van der Waals surface area (Å²) in [7, 11) is 0. The molecule has 0 amide bonds. The van der Waals surface area contributed by atoms with E-state index in [4.69, 9.17) is 11.6 Å². The lowest BCUT2D eigenvalue weighted by molar-refractivity contribution is 0.534. The molecule has 0 aliphatic rings. The van der Waals surface area contributed by atoms with E-state index in [1.807, 2.05) is 0 Å². The van der Waals surface area contributed by atoms with Crippen molar-refractivity contribution < 1.29 is 4.39 Å². The Morgan fingerprint density at radius 2 is 2.44 bits per heavy atom. The maximum absolute atomic E-state index is 12.0. The molecule has 0 unspecified atom stereocenters. The highest BCUT2D eigenvalue weighted by Gasteiger charge is 1.93. The molecule has 0 atom stereocenters. The van der Waals surface area contributed by atoms with Crippen LogP contribution in [0, 0.1) is 6.08 Å². The highest BCUT2D eigenvalue weighted by molar-refractivity contribution is 6.29. The molecule has 3 nitrogen and oxygen atoms in total. The van der Waals surface area contributed by atoms with E-state index in [9.17, 15) is 9.18 Å². The minimum Gasteiger partial charge on any atom is -0.282 e. The number of H-pyrrole nitrogens is 1. The highest BCUT2D eigenvalue weighted by Crippen LogP contribution is 1.96. The summed E-state index contributed by atoms with van der Waals surface area (Å²) >= 11 is 5.18. The standard InChI is InChI=1S/C4H2ClFN2O/c5-2-1-3(9)8-4(6)7-2/h1H,(H,7,8,9). The van der Waals surface area contributed by atoms with E-state index in [1.54, 1.807) is 4.98 Å². The third-order valence-electron chi connectivity index (χ3n) is 0.682. The van der Waals surface area contributed by atoms with Crippen molar-refractivity contribution in [2.75, 3.05) is 0 Å². The van der Waals surface area contributed by atoms with Gasteiger partial charge in [0.1, 0.15) is 5.15 Å². The van der Waals surface area contributed by atoms with Crippen molar-refractivity contribution in [3.05, 3.63) is 27.7 Å². The Balaban J connectivity index is 3.33. The number of hydrogen-bond donors (Lipinski definition) is 1. The average Bonchev–Trinajstić information content (AvgIpc) is 1.59. The van der Waals surface area contributed by atoms with Crippen LogP contribution in [-0.2, 0) is 0 Å². The number of nitrogens with one attached hydrogen (secondary N) is 1. The molecule has 1 heterocycles. The first kappa shape index (κ1) is 6.22. The van der Waals surface area contributed by atoms with Gasteiger partial charge in [-0.1, -0.05) is 11.6 Å². The molecular weight excluding hydrogens is 147 g/mol. The predicted molar refractivity (Wildman–Crippen MR) is 29.8 cm³/mol. The molecular formula is C4H2ClFN2O. The summed E-state index contributed by atoms with van der Waals surface area (Å²) in [5.41, 5.74) is -0.590. The first-order chi connectivity index (χ1) is 4.18. The SMILES string of the molecule is O=c1cc(Cl)nc(F)[nH]1. The molecule has 0 aliphatic carbocycles. The van der Waals surface area contributed by atoms with Gasteiger partial charge in [0.25, 0.3) is 11.6 Å². The Hall–Kier alpha value is -0.900. The fraction of sp³-hybridized carbons (Fsp3) is 0. The average molecular weight is 149 g/mol. The molecule has 0 radical (unpaired) electrons. The Bertz CT molecular complexity index is 248. The van der Waals surface area contributed by atoms with E-state index in [2.05, 4.69) is 4.98 Å². The number of aromatic amines is 1. The summed E-state index contributed by atoms with van der Waals surface area (Å²) in [5, 5.41) is -0.142. The molecule has 1 aromatic heterocycles. The van der Waals surface area contributed by atoms with Gasteiger partial charge in [-0.3, -0.25) is 9.78 Å². The molecule has 0 bridgehead atoms. The largest absolute Gasteiger partial charge is 0.290 e. The number of nitrogens with zero attached hydrogens (tertiary/aromatic N) is 1. The van der Waals surface area contributed by atoms with E-state index < -0.39 is 11.6 Å². The lowest BCUT2D eigenvalue weighted by atomic mass is 10.7. The maximum Gasteiger partial charge on any atom is 0.290 e. The molecule has 5 heteroatoms.